The number of Topliss-reactive ketones (excluding diaryl/α,β-unsaturated/α-hetero) is 1. The first-order valence-electron chi connectivity index (χ1n) is 4.72. The number of anilines is 1. The summed E-state index contributed by atoms with van der Waals surface area (Å²) in [4.78, 5) is 11.5. The highest BCUT2D eigenvalue weighted by atomic mass is 16.3. The second-order valence-electron chi connectivity index (χ2n) is 3.14. The van der Waals surface area contributed by atoms with Gasteiger partial charge in [-0.25, -0.2) is 0 Å². The number of carbonyl (C=O) groups excluding carboxylic acids is 1. The lowest BCUT2D eigenvalue weighted by Crippen LogP contribution is -1.93. The van der Waals surface area contributed by atoms with Crippen LogP contribution in [0.2, 0.25) is 0 Å². The van der Waals surface area contributed by atoms with Gasteiger partial charge >= 0.3 is 0 Å². The Kier molecular flexibility index (Phi) is 2.75. The van der Waals surface area contributed by atoms with Gasteiger partial charge in [0.1, 0.15) is 0 Å². The quantitative estimate of drug-likeness (QED) is 0.446. The molecule has 2 aromatic rings. The number of furan rings is 1. The first-order valence-corrected chi connectivity index (χ1v) is 4.72. The normalized spacial score (nSPS) is 9.25. The third-order valence-corrected chi connectivity index (χ3v) is 2.02. The Morgan fingerprint density at radius 1 is 1.19 bits per heavy atom. The zero-order chi connectivity index (χ0) is 11.4. The summed E-state index contributed by atoms with van der Waals surface area (Å²) in [5.74, 6) is 5.08. The van der Waals surface area contributed by atoms with Crippen LogP contribution in [-0.2, 0) is 0 Å². The van der Waals surface area contributed by atoms with Gasteiger partial charge < -0.3 is 10.2 Å². The van der Waals surface area contributed by atoms with Crippen molar-refractivity contribution < 1.29 is 9.21 Å². The average Bonchev–Trinajstić information content (AvgIpc) is 2.81. The van der Waals surface area contributed by atoms with Crippen molar-refractivity contribution in [1.82, 2.24) is 0 Å². The number of nitrogens with two attached hydrogens (primary N) is 1. The lowest BCUT2D eigenvalue weighted by Gasteiger charge is -1.94. The molecule has 0 spiro atoms. The molecule has 0 atom stereocenters. The van der Waals surface area contributed by atoms with Gasteiger partial charge in [0.25, 0.3) is 5.78 Å². The Balaban J connectivity index is 2.23. The number of para-hydroxylation sites is 1. The number of nitrogen functional groups attached to an aromatic ring is 1. The largest absolute Gasteiger partial charge is 0.460 e. The number of benzene rings is 1. The summed E-state index contributed by atoms with van der Waals surface area (Å²) in [5.41, 5.74) is 6.89. The second kappa shape index (κ2) is 4.37. The van der Waals surface area contributed by atoms with E-state index in [2.05, 4.69) is 11.8 Å². The SMILES string of the molecule is Nc1ccccc1C#CC(=O)c1ccco1. The van der Waals surface area contributed by atoms with Gasteiger partial charge in [-0.15, -0.1) is 0 Å². The number of rotatable bonds is 1. The maximum absolute atomic E-state index is 11.5. The van der Waals surface area contributed by atoms with Crippen LogP contribution in [0.4, 0.5) is 5.69 Å². The smallest absolute Gasteiger partial charge is 0.271 e. The van der Waals surface area contributed by atoms with Crippen molar-refractivity contribution in [3.63, 3.8) is 0 Å². The highest BCUT2D eigenvalue weighted by Crippen LogP contribution is 2.08. The van der Waals surface area contributed by atoms with Crippen LogP contribution in [0.25, 0.3) is 0 Å². The molecule has 0 fully saturated rings. The fourth-order valence-electron chi connectivity index (χ4n) is 1.20. The Morgan fingerprint density at radius 3 is 2.69 bits per heavy atom. The molecule has 78 valence electrons. The van der Waals surface area contributed by atoms with Gasteiger partial charge in [0, 0.05) is 11.3 Å². The maximum atomic E-state index is 11.5. The van der Waals surface area contributed by atoms with Crippen molar-refractivity contribution >= 4 is 11.5 Å². The molecule has 1 aromatic carbocycles. The van der Waals surface area contributed by atoms with E-state index in [4.69, 9.17) is 10.2 Å². The Hall–Kier alpha value is -2.47. The topological polar surface area (TPSA) is 56.2 Å². The molecule has 2 N–H and O–H groups in total. The summed E-state index contributed by atoms with van der Waals surface area (Å²) >= 11 is 0. The van der Waals surface area contributed by atoms with E-state index in [0.717, 1.165) is 0 Å². The molecule has 0 saturated carbocycles. The summed E-state index contributed by atoms with van der Waals surface area (Å²) in [7, 11) is 0. The van der Waals surface area contributed by atoms with Gasteiger partial charge in [0.05, 0.1) is 6.26 Å². The van der Waals surface area contributed by atoms with E-state index in [1.807, 2.05) is 12.1 Å². The van der Waals surface area contributed by atoms with Crippen molar-refractivity contribution in [2.24, 2.45) is 0 Å². The zero-order valence-electron chi connectivity index (χ0n) is 8.44. The minimum Gasteiger partial charge on any atom is -0.460 e. The van der Waals surface area contributed by atoms with Gasteiger partial charge in [-0.3, -0.25) is 4.79 Å². The van der Waals surface area contributed by atoms with Crippen LogP contribution in [0.5, 0.6) is 0 Å². The van der Waals surface area contributed by atoms with Gasteiger partial charge in [0.15, 0.2) is 5.76 Å². The third-order valence-electron chi connectivity index (χ3n) is 2.02. The Labute approximate surface area is 92.9 Å². The molecule has 0 saturated heterocycles. The van der Waals surface area contributed by atoms with Crippen LogP contribution in [0.3, 0.4) is 0 Å². The molecule has 3 nitrogen and oxygen atoms in total. The van der Waals surface area contributed by atoms with Gasteiger partial charge in [-0.2, -0.15) is 0 Å². The van der Waals surface area contributed by atoms with Gasteiger partial charge in [-0.1, -0.05) is 18.1 Å². The summed E-state index contributed by atoms with van der Waals surface area (Å²) in [6.07, 6.45) is 1.44. The molecule has 3 heteroatoms. The van der Waals surface area contributed by atoms with Gasteiger partial charge in [0.2, 0.25) is 0 Å². The molecule has 0 amide bonds. The molecular weight excluding hydrogens is 202 g/mol. The number of hydrogen-bond donors (Lipinski definition) is 1. The third kappa shape index (κ3) is 2.12. The monoisotopic (exact) mass is 211 g/mol. The molecule has 1 aromatic heterocycles. The molecular formula is C13H9NO2. The fraction of sp³-hybridized carbons (Fsp3) is 0. The molecule has 0 aliphatic carbocycles. The van der Waals surface area contributed by atoms with Crippen molar-refractivity contribution in [2.45, 2.75) is 0 Å². The molecule has 0 unspecified atom stereocenters. The Morgan fingerprint density at radius 2 is 2.00 bits per heavy atom. The highest BCUT2D eigenvalue weighted by Gasteiger charge is 2.03. The summed E-state index contributed by atoms with van der Waals surface area (Å²) in [6, 6.07) is 10.4. The first kappa shape index (κ1) is 10.1. The highest BCUT2D eigenvalue weighted by molar-refractivity contribution is 6.07. The molecule has 0 radical (unpaired) electrons. The van der Waals surface area contributed by atoms with E-state index in [-0.39, 0.29) is 11.5 Å². The molecule has 0 aliphatic rings. The van der Waals surface area contributed by atoms with E-state index < -0.39 is 0 Å². The molecule has 16 heavy (non-hydrogen) atoms. The van der Waals surface area contributed by atoms with Crippen LogP contribution >= 0.6 is 0 Å². The summed E-state index contributed by atoms with van der Waals surface area (Å²) in [6.45, 7) is 0. The zero-order valence-corrected chi connectivity index (χ0v) is 8.44. The van der Waals surface area contributed by atoms with Crippen molar-refractivity contribution in [3.05, 3.63) is 54.0 Å². The van der Waals surface area contributed by atoms with Crippen molar-refractivity contribution in [1.29, 1.82) is 0 Å². The number of ketones is 1. The van der Waals surface area contributed by atoms with Crippen LogP contribution < -0.4 is 5.73 Å². The van der Waals surface area contributed by atoms with Crippen LogP contribution in [-0.4, -0.2) is 5.78 Å². The van der Waals surface area contributed by atoms with Crippen molar-refractivity contribution in [3.8, 4) is 11.8 Å². The minimum atomic E-state index is -0.353. The average molecular weight is 211 g/mol. The van der Waals surface area contributed by atoms with Gasteiger partial charge in [-0.05, 0) is 30.2 Å². The van der Waals surface area contributed by atoms with E-state index >= 15 is 0 Å². The molecule has 2 rings (SSSR count). The lowest BCUT2D eigenvalue weighted by atomic mass is 10.2. The van der Waals surface area contributed by atoms with E-state index in [0.29, 0.717) is 11.3 Å². The van der Waals surface area contributed by atoms with E-state index in [1.54, 1.807) is 24.3 Å². The lowest BCUT2D eigenvalue weighted by molar-refractivity contribution is 0.103. The molecule has 0 bridgehead atoms. The van der Waals surface area contributed by atoms with Crippen molar-refractivity contribution in [2.75, 3.05) is 5.73 Å². The number of hydrogen-bond acceptors (Lipinski definition) is 3. The molecule has 0 aliphatic heterocycles. The second-order valence-corrected chi connectivity index (χ2v) is 3.14. The predicted octanol–water partition coefficient (Wildman–Crippen LogP) is 2.10. The molecule has 1 heterocycles. The van der Waals surface area contributed by atoms with Crippen LogP contribution in [0.15, 0.2) is 47.1 Å². The van der Waals surface area contributed by atoms with E-state index in [9.17, 15) is 4.79 Å². The number of carbonyl (C=O) groups is 1. The standard InChI is InChI=1S/C13H9NO2/c14-11-5-2-1-4-10(11)7-8-12(15)13-6-3-9-16-13/h1-6,9H,14H2. The van der Waals surface area contributed by atoms with E-state index in [1.165, 1.54) is 6.26 Å². The summed E-state index contributed by atoms with van der Waals surface area (Å²) in [5, 5.41) is 0. The summed E-state index contributed by atoms with van der Waals surface area (Å²) < 4.78 is 4.93. The fourth-order valence-corrected chi connectivity index (χ4v) is 1.20. The maximum Gasteiger partial charge on any atom is 0.271 e. The first-order chi connectivity index (χ1) is 7.77. The van der Waals surface area contributed by atoms with Crippen LogP contribution in [0.1, 0.15) is 16.1 Å². The van der Waals surface area contributed by atoms with Crippen LogP contribution in [0, 0.1) is 11.8 Å². The minimum absolute atomic E-state index is 0.238. The Bertz CT molecular complexity index is 559. The predicted molar refractivity (Wildman–Crippen MR) is 60.8 cm³/mol.